The number of hydrogen-bond acceptors (Lipinski definition) is 5. The number of aryl methyl sites for hydroxylation is 1. The Balaban J connectivity index is 1.72. The Morgan fingerprint density at radius 2 is 2.19 bits per heavy atom. The van der Waals surface area contributed by atoms with Crippen molar-refractivity contribution in [2.45, 2.75) is 19.8 Å². The predicted octanol–water partition coefficient (Wildman–Crippen LogP) is 1.98. The van der Waals surface area contributed by atoms with Crippen molar-refractivity contribution in [2.24, 2.45) is 5.92 Å². The maximum absolute atomic E-state index is 12.3. The quantitative estimate of drug-likeness (QED) is 0.902. The Morgan fingerprint density at radius 1 is 1.38 bits per heavy atom. The van der Waals surface area contributed by atoms with Gasteiger partial charge in [0.25, 0.3) is 0 Å². The van der Waals surface area contributed by atoms with Crippen LogP contribution in [-0.2, 0) is 4.79 Å². The summed E-state index contributed by atoms with van der Waals surface area (Å²) < 4.78 is 5.17. The van der Waals surface area contributed by atoms with Crippen LogP contribution in [0.5, 0.6) is 0 Å². The van der Waals surface area contributed by atoms with Gasteiger partial charge in [-0.1, -0.05) is 0 Å². The van der Waals surface area contributed by atoms with Gasteiger partial charge in [-0.15, -0.1) is 10.2 Å². The van der Waals surface area contributed by atoms with E-state index in [1.165, 1.54) is 6.39 Å². The van der Waals surface area contributed by atoms with Crippen LogP contribution in [0, 0.1) is 12.8 Å². The van der Waals surface area contributed by atoms with E-state index in [2.05, 4.69) is 20.8 Å². The highest BCUT2D eigenvalue weighted by Crippen LogP contribution is 2.24. The van der Waals surface area contributed by atoms with E-state index in [0.29, 0.717) is 5.89 Å². The zero-order chi connectivity index (χ0) is 14.7. The van der Waals surface area contributed by atoms with E-state index >= 15 is 0 Å². The van der Waals surface area contributed by atoms with E-state index in [9.17, 15) is 4.79 Å². The van der Waals surface area contributed by atoms with Crippen molar-refractivity contribution < 1.29 is 9.21 Å². The Kier molecular flexibility index (Phi) is 3.96. The first-order valence-electron chi connectivity index (χ1n) is 7.13. The average Bonchev–Trinajstić information content (AvgIpc) is 3.04. The Morgan fingerprint density at radius 3 is 2.86 bits per heavy atom. The molecule has 2 aromatic rings. The summed E-state index contributed by atoms with van der Waals surface area (Å²) in [7, 11) is 0. The van der Waals surface area contributed by atoms with Crippen LogP contribution in [0.15, 0.2) is 29.0 Å². The number of carbonyl (C=O) groups excluding carboxylic acids is 1. The van der Waals surface area contributed by atoms with Crippen LogP contribution in [-0.4, -0.2) is 29.2 Å². The first-order chi connectivity index (χ1) is 10.2. The fourth-order valence-electron chi connectivity index (χ4n) is 2.55. The van der Waals surface area contributed by atoms with E-state index in [0.717, 1.165) is 42.7 Å². The molecule has 1 aliphatic rings. The summed E-state index contributed by atoms with van der Waals surface area (Å²) in [5.41, 5.74) is 2.67. The van der Waals surface area contributed by atoms with E-state index in [1.807, 2.05) is 25.1 Å². The highest BCUT2D eigenvalue weighted by Gasteiger charge is 2.21. The molecule has 1 fully saturated rings. The highest BCUT2D eigenvalue weighted by atomic mass is 16.4. The Hall–Kier alpha value is -2.21. The summed E-state index contributed by atoms with van der Waals surface area (Å²) in [6, 6.07) is 5.69. The third-order valence-corrected chi connectivity index (χ3v) is 3.80. The largest absolute Gasteiger partial charge is 0.423 e. The molecule has 21 heavy (non-hydrogen) atoms. The number of nitrogens with one attached hydrogen (secondary N) is 2. The zero-order valence-corrected chi connectivity index (χ0v) is 11.9. The SMILES string of the molecule is Cc1cc(-c2nnco2)ccc1NC(=O)C1CCNCC1. The number of carbonyl (C=O) groups is 1. The standard InChI is InChI=1S/C15H18N4O2/c1-10-8-12(15-19-17-9-21-15)2-3-13(10)18-14(20)11-4-6-16-7-5-11/h2-3,8-9,11,16H,4-7H2,1H3,(H,18,20). The number of nitrogens with zero attached hydrogens (tertiary/aromatic N) is 2. The van der Waals surface area contributed by atoms with Crippen LogP contribution in [0.3, 0.4) is 0 Å². The molecule has 3 rings (SSSR count). The van der Waals surface area contributed by atoms with E-state index in [4.69, 9.17) is 4.42 Å². The molecule has 110 valence electrons. The summed E-state index contributed by atoms with van der Waals surface area (Å²) in [5.74, 6) is 0.681. The molecule has 1 aromatic carbocycles. The molecule has 0 radical (unpaired) electrons. The van der Waals surface area contributed by atoms with Crippen molar-refractivity contribution in [1.82, 2.24) is 15.5 Å². The minimum absolute atomic E-state index is 0.0984. The fourth-order valence-corrected chi connectivity index (χ4v) is 2.55. The molecular weight excluding hydrogens is 268 g/mol. The normalized spacial score (nSPS) is 15.9. The van der Waals surface area contributed by atoms with E-state index in [1.54, 1.807) is 0 Å². The molecule has 0 aliphatic carbocycles. The summed E-state index contributed by atoms with van der Waals surface area (Å²) in [6.07, 6.45) is 3.09. The summed E-state index contributed by atoms with van der Waals surface area (Å²) >= 11 is 0. The third kappa shape index (κ3) is 3.11. The van der Waals surface area contributed by atoms with Crippen molar-refractivity contribution >= 4 is 11.6 Å². The molecule has 6 heteroatoms. The van der Waals surface area contributed by atoms with Crippen LogP contribution in [0.4, 0.5) is 5.69 Å². The molecule has 1 amide bonds. The average molecular weight is 286 g/mol. The molecule has 2 heterocycles. The van der Waals surface area contributed by atoms with Crippen molar-refractivity contribution in [3.63, 3.8) is 0 Å². The van der Waals surface area contributed by atoms with Crippen molar-refractivity contribution in [2.75, 3.05) is 18.4 Å². The summed E-state index contributed by atoms with van der Waals surface area (Å²) in [6.45, 7) is 3.78. The molecule has 1 aromatic heterocycles. The number of amides is 1. The Bertz CT molecular complexity index is 619. The minimum atomic E-state index is 0.0984. The van der Waals surface area contributed by atoms with Crippen LogP contribution < -0.4 is 10.6 Å². The molecule has 0 spiro atoms. The number of rotatable bonds is 3. The van der Waals surface area contributed by atoms with Gasteiger partial charge in [-0.25, -0.2) is 0 Å². The van der Waals surface area contributed by atoms with Gasteiger partial charge in [0.1, 0.15) is 0 Å². The van der Waals surface area contributed by atoms with Crippen molar-refractivity contribution in [3.8, 4) is 11.5 Å². The Labute approximate surface area is 123 Å². The first kappa shape index (κ1) is 13.8. The number of benzene rings is 1. The van der Waals surface area contributed by atoms with E-state index < -0.39 is 0 Å². The lowest BCUT2D eigenvalue weighted by molar-refractivity contribution is -0.120. The van der Waals surface area contributed by atoms with Gasteiger partial charge < -0.3 is 15.1 Å². The highest BCUT2D eigenvalue weighted by molar-refractivity contribution is 5.93. The number of anilines is 1. The van der Waals surface area contributed by atoms with Gasteiger partial charge in [-0.3, -0.25) is 4.79 Å². The smallest absolute Gasteiger partial charge is 0.247 e. The second kappa shape index (κ2) is 6.05. The van der Waals surface area contributed by atoms with Crippen molar-refractivity contribution in [3.05, 3.63) is 30.2 Å². The van der Waals surface area contributed by atoms with Crippen LogP contribution in [0.25, 0.3) is 11.5 Å². The molecule has 1 aliphatic heterocycles. The second-order valence-corrected chi connectivity index (χ2v) is 5.29. The van der Waals surface area contributed by atoms with Gasteiger partial charge >= 0.3 is 0 Å². The van der Waals surface area contributed by atoms with Crippen LogP contribution in [0.1, 0.15) is 18.4 Å². The number of aromatic nitrogens is 2. The molecule has 6 nitrogen and oxygen atoms in total. The van der Waals surface area contributed by atoms with Gasteiger partial charge in [0, 0.05) is 17.2 Å². The third-order valence-electron chi connectivity index (χ3n) is 3.80. The van der Waals surface area contributed by atoms with Gasteiger partial charge in [-0.2, -0.15) is 0 Å². The van der Waals surface area contributed by atoms with Crippen molar-refractivity contribution in [1.29, 1.82) is 0 Å². The topological polar surface area (TPSA) is 80.1 Å². The number of hydrogen-bond donors (Lipinski definition) is 2. The molecule has 1 saturated heterocycles. The molecule has 0 unspecified atom stereocenters. The summed E-state index contributed by atoms with van der Waals surface area (Å²) in [5, 5.41) is 13.8. The molecule has 0 bridgehead atoms. The van der Waals surface area contributed by atoms with Gasteiger partial charge in [-0.05, 0) is 56.6 Å². The second-order valence-electron chi connectivity index (χ2n) is 5.29. The summed E-state index contributed by atoms with van der Waals surface area (Å²) in [4.78, 5) is 12.3. The fraction of sp³-hybridized carbons (Fsp3) is 0.400. The monoisotopic (exact) mass is 286 g/mol. The number of piperidine rings is 1. The zero-order valence-electron chi connectivity index (χ0n) is 11.9. The first-order valence-corrected chi connectivity index (χ1v) is 7.13. The predicted molar refractivity (Wildman–Crippen MR) is 78.7 cm³/mol. The maximum atomic E-state index is 12.3. The maximum Gasteiger partial charge on any atom is 0.247 e. The minimum Gasteiger partial charge on any atom is -0.423 e. The van der Waals surface area contributed by atoms with E-state index in [-0.39, 0.29) is 11.8 Å². The van der Waals surface area contributed by atoms with Gasteiger partial charge in [0.05, 0.1) is 0 Å². The van der Waals surface area contributed by atoms with Gasteiger partial charge in [0.15, 0.2) is 0 Å². The molecular formula is C15H18N4O2. The lowest BCUT2D eigenvalue weighted by Crippen LogP contribution is -2.34. The van der Waals surface area contributed by atoms with Gasteiger partial charge in [0.2, 0.25) is 18.2 Å². The van der Waals surface area contributed by atoms with Crippen LogP contribution >= 0.6 is 0 Å². The lowest BCUT2D eigenvalue weighted by atomic mass is 9.97. The molecule has 2 N–H and O–H groups in total. The molecule has 0 saturated carbocycles. The lowest BCUT2D eigenvalue weighted by Gasteiger charge is -2.22. The van der Waals surface area contributed by atoms with Crippen LogP contribution in [0.2, 0.25) is 0 Å². The molecule has 0 atom stereocenters.